The lowest BCUT2D eigenvalue weighted by Crippen LogP contribution is -2.17. The summed E-state index contributed by atoms with van der Waals surface area (Å²) in [5, 5.41) is 9.17. The molecular formula is C11H12Cl2O2S. The number of benzene rings is 1. The predicted octanol–water partition coefficient (Wildman–Crippen LogP) is 3.66. The summed E-state index contributed by atoms with van der Waals surface area (Å²) < 4.78 is 0. The Kier molecular flexibility index (Phi) is 6.03. The van der Waals surface area contributed by atoms with Crippen molar-refractivity contribution in [1.82, 2.24) is 0 Å². The Balaban J connectivity index is 2.48. The molecule has 1 aromatic rings. The van der Waals surface area contributed by atoms with E-state index in [1.807, 2.05) is 12.1 Å². The van der Waals surface area contributed by atoms with Gasteiger partial charge in [0.15, 0.2) is 0 Å². The molecule has 0 amide bonds. The van der Waals surface area contributed by atoms with Gasteiger partial charge in [-0.25, -0.2) is 0 Å². The van der Waals surface area contributed by atoms with E-state index in [1.165, 1.54) is 11.8 Å². The van der Waals surface area contributed by atoms with Gasteiger partial charge in [0.05, 0.1) is 0 Å². The molecule has 0 spiro atoms. The van der Waals surface area contributed by atoms with Gasteiger partial charge in [-0.2, -0.15) is 0 Å². The molecule has 0 aliphatic rings. The van der Waals surface area contributed by atoms with Crippen LogP contribution in [0, 0.1) is 0 Å². The molecule has 16 heavy (non-hydrogen) atoms. The highest BCUT2D eigenvalue weighted by Crippen LogP contribution is 2.22. The Hall–Kier alpha value is -0.380. The molecule has 1 N–H and O–H groups in total. The molecule has 0 bridgehead atoms. The first-order valence-electron chi connectivity index (χ1n) is 4.78. The Morgan fingerprint density at radius 3 is 2.50 bits per heavy atom. The zero-order valence-electron chi connectivity index (χ0n) is 8.53. The maximum absolute atomic E-state index is 10.9. The number of carboxylic acid groups (broad SMARTS) is 1. The predicted molar refractivity (Wildman–Crippen MR) is 69.5 cm³/mol. The van der Waals surface area contributed by atoms with Gasteiger partial charge in [0.1, 0.15) is 5.25 Å². The van der Waals surface area contributed by atoms with Crippen molar-refractivity contribution in [1.29, 1.82) is 0 Å². The van der Waals surface area contributed by atoms with Crippen LogP contribution in [0.1, 0.15) is 12.0 Å². The Labute approximate surface area is 109 Å². The highest BCUT2D eigenvalue weighted by molar-refractivity contribution is 7.99. The maximum Gasteiger partial charge on any atom is 0.316 e. The van der Waals surface area contributed by atoms with Gasteiger partial charge in [-0.3, -0.25) is 4.79 Å². The molecule has 1 atom stereocenters. The van der Waals surface area contributed by atoms with Crippen LogP contribution in [0.2, 0.25) is 5.02 Å². The first-order chi connectivity index (χ1) is 7.63. The fourth-order valence-corrected chi connectivity index (χ4v) is 2.64. The first kappa shape index (κ1) is 13.7. The smallest absolute Gasteiger partial charge is 0.316 e. The van der Waals surface area contributed by atoms with Gasteiger partial charge in [0.25, 0.3) is 0 Å². The van der Waals surface area contributed by atoms with Crippen molar-refractivity contribution < 1.29 is 9.90 Å². The summed E-state index contributed by atoms with van der Waals surface area (Å²) >= 11 is 12.7. The van der Waals surface area contributed by atoms with Crippen LogP contribution in [-0.4, -0.2) is 22.2 Å². The molecule has 0 aromatic heterocycles. The normalized spacial score (nSPS) is 12.4. The molecule has 5 heteroatoms. The average Bonchev–Trinajstić information content (AvgIpc) is 2.26. The molecule has 1 unspecified atom stereocenters. The molecule has 88 valence electrons. The highest BCUT2D eigenvalue weighted by Gasteiger charge is 2.16. The van der Waals surface area contributed by atoms with Gasteiger partial charge >= 0.3 is 5.97 Å². The summed E-state index contributed by atoms with van der Waals surface area (Å²) in [6.07, 6.45) is 0.481. The van der Waals surface area contributed by atoms with Crippen LogP contribution in [0.4, 0.5) is 0 Å². The second-order valence-corrected chi connectivity index (χ2v) is 5.25. The fraction of sp³-hybridized carbons (Fsp3) is 0.364. The number of hydrogen-bond acceptors (Lipinski definition) is 2. The molecular weight excluding hydrogens is 267 g/mol. The summed E-state index contributed by atoms with van der Waals surface area (Å²) in [5.74, 6) is 0.218. The number of halogens is 2. The van der Waals surface area contributed by atoms with E-state index in [9.17, 15) is 4.79 Å². The van der Waals surface area contributed by atoms with Crippen molar-refractivity contribution in [3.8, 4) is 0 Å². The zero-order valence-corrected chi connectivity index (χ0v) is 10.9. The third-order valence-electron chi connectivity index (χ3n) is 2.01. The van der Waals surface area contributed by atoms with E-state index < -0.39 is 11.2 Å². The van der Waals surface area contributed by atoms with Crippen LogP contribution >= 0.6 is 35.0 Å². The summed E-state index contributed by atoms with van der Waals surface area (Å²) in [5.41, 5.74) is 1.07. The lowest BCUT2D eigenvalue weighted by molar-refractivity contribution is -0.136. The number of alkyl halides is 1. The lowest BCUT2D eigenvalue weighted by Gasteiger charge is -2.10. The maximum atomic E-state index is 10.9. The van der Waals surface area contributed by atoms with Crippen molar-refractivity contribution in [2.24, 2.45) is 0 Å². The largest absolute Gasteiger partial charge is 0.480 e. The van der Waals surface area contributed by atoms with Gasteiger partial charge in [-0.05, 0) is 24.1 Å². The molecule has 0 saturated heterocycles. The van der Waals surface area contributed by atoms with E-state index in [4.69, 9.17) is 28.3 Å². The Bertz CT molecular complexity index is 340. The van der Waals surface area contributed by atoms with Gasteiger partial charge in [0, 0.05) is 16.7 Å². The molecule has 0 fully saturated rings. The fourth-order valence-electron chi connectivity index (χ4n) is 1.15. The summed E-state index contributed by atoms with van der Waals surface area (Å²) in [6, 6.07) is 7.40. The number of aliphatic carboxylic acids is 1. The van der Waals surface area contributed by atoms with E-state index in [0.29, 0.717) is 23.1 Å². The van der Waals surface area contributed by atoms with E-state index in [0.717, 1.165) is 5.56 Å². The standard InChI is InChI=1S/C11H12Cl2O2S/c12-6-5-10(11(14)15)16-7-8-1-3-9(13)4-2-8/h1-4,10H,5-7H2,(H,14,15). The minimum Gasteiger partial charge on any atom is -0.480 e. The Morgan fingerprint density at radius 2 is 2.00 bits per heavy atom. The van der Waals surface area contributed by atoms with Crippen LogP contribution in [-0.2, 0) is 10.5 Å². The summed E-state index contributed by atoms with van der Waals surface area (Å²) in [6.45, 7) is 0. The van der Waals surface area contributed by atoms with Crippen LogP contribution < -0.4 is 0 Å². The minimum atomic E-state index is -0.806. The molecule has 1 aromatic carbocycles. The number of hydrogen-bond donors (Lipinski definition) is 1. The van der Waals surface area contributed by atoms with Crippen LogP contribution in [0.5, 0.6) is 0 Å². The zero-order chi connectivity index (χ0) is 12.0. The third kappa shape index (κ3) is 4.64. The van der Waals surface area contributed by atoms with Crippen LogP contribution in [0.3, 0.4) is 0 Å². The number of thioether (sulfide) groups is 1. The highest BCUT2D eigenvalue weighted by atomic mass is 35.5. The number of carbonyl (C=O) groups is 1. The van der Waals surface area contributed by atoms with Crippen molar-refractivity contribution in [3.63, 3.8) is 0 Å². The second kappa shape index (κ2) is 7.05. The van der Waals surface area contributed by atoms with E-state index in [-0.39, 0.29) is 0 Å². The molecule has 0 heterocycles. The summed E-state index contributed by atoms with van der Waals surface area (Å²) in [7, 11) is 0. The summed E-state index contributed by atoms with van der Waals surface area (Å²) in [4.78, 5) is 10.9. The number of carboxylic acids is 1. The van der Waals surface area contributed by atoms with E-state index in [1.54, 1.807) is 12.1 Å². The molecule has 0 saturated carbocycles. The van der Waals surface area contributed by atoms with Crippen molar-refractivity contribution in [3.05, 3.63) is 34.9 Å². The Morgan fingerprint density at radius 1 is 1.38 bits per heavy atom. The van der Waals surface area contributed by atoms with Crippen molar-refractivity contribution in [2.45, 2.75) is 17.4 Å². The lowest BCUT2D eigenvalue weighted by atomic mass is 10.2. The topological polar surface area (TPSA) is 37.3 Å². The van der Waals surface area contributed by atoms with Gasteiger partial charge < -0.3 is 5.11 Å². The molecule has 0 radical (unpaired) electrons. The van der Waals surface area contributed by atoms with Crippen LogP contribution in [0.25, 0.3) is 0 Å². The molecule has 1 rings (SSSR count). The van der Waals surface area contributed by atoms with Gasteiger partial charge in [-0.15, -0.1) is 23.4 Å². The number of rotatable bonds is 6. The monoisotopic (exact) mass is 278 g/mol. The van der Waals surface area contributed by atoms with Crippen molar-refractivity contribution in [2.75, 3.05) is 5.88 Å². The van der Waals surface area contributed by atoms with E-state index >= 15 is 0 Å². The average molecular weight is 279 g/mol. The van der Waals surface area contributed by atoms with Gasteiger partial charge in [0.2, 0.25) is 0 Å². The second-order valence-electron chi connectivity index (χ2n) is 3.24. The third-order valence-corrected chi connectivity index (χ3v) is 3.82. The molecule has 0 aliphatic heterocycles. The first-order valence-corrected chi connectivity index (χ1v) is 6.74. The van der Waals surface area contributed by atoms with Crippen LogP contribution in [0.15, 0.2) is 24.3 Å². The molecule has 0 aliphatic carbocycles. The van der Waals surface area contributed by atoms with Crippen molar-refractivity contribution >= 4 is 40.9 Å². The minimum absolute atomic E-state index is 0.366. The van der Waals surface area contributed by atoms with E-state index in [2.05, 4.69) is 0 Å². The molecule has 2 nitrogen and oxygen atoms in total. The quantitative estimate of drug-likeness (QED) is 0.807. The SMILES string of the molecule is O=C(O)C(CCCl)SCc1ccc(Cl)cc1. The van der Waals surface area contributed by atoms with Gasteiger partial charge in [-0.1, -0.05) is 23.7 Å².